The summed E-state index contributed by atoms with van der Waals surface area (Å²) in [5.41, 5.74) is 10.2. The minimum absolute atomic E-state index is 0.136. The van der Waals surface area contributed by atoms with E-state index in [1.165, 1.54) is 18.3 Å². The normalized spacial score (nSPS) is 15.4. The lowest BCUT2D eigenvalue weighted by atomic mass is 10.0. The summed E-state index contributed by atoms with van der Waals surface area (Å²) < 4.78 is 15.7. The summed E-state index contributed by atoms with van der Waals surface area (Å²) in [7, 11) is 2.09. The molecule has 1 aliphatic rings. The first-order chi connectivity index (χ1) is 16.7. The van der Waals surface area contributed by atoms with E-state index in [1.54, 1.807) is 10.6 Å². The number of carbonyl (C=O) groups is 2. The highest BCUT2D eigenvalue weighted by Crippen LogP contribution is 2.28. The Morgan fingerprint density at radius 2 is 1.91 bits per heavy atom. The summed E-state index contributed by atoms with van der Waals surface area (Å²) in [5, 5.41) is 7.26. The van der Waals surface area contributed by atoms with Crippen molar-refractivity contribution < 1.29 is 14.0 Å². The third kappa shape index (κ3) is 5.12. The zero-order chi connectivity index (χ0) is 25.3. The molecule has 1 aromatic carbocycles. The lowest BCUT2D eigenvalue weighted by Gasteiger charge is -2.36. The van der Waals surface area contributed by atoms with Crippen LogP contribution in [0.5, 0.6) is 0 Å². The number of likely N-dealkylation sites (N-methyl/N-ethyl adjacent to an activating group) is 1. The largest absolute Gasteiger partial charge is 0.369 e. The number of benzene rings is 1. The maximum absolute atomic E-state index is 14.1. The second-order valence-electron chi connectivity index (χ2n) is 9.20. The number of aryl methyl sites for hydroxylation is 2. The molecular formula is C25H32FN7O2. The quantitative estimate of drug-likeness (QED) is 0.535. The van der Waals surface area contributed by atoms with Crippen molar-refractivity contribution in [3.8, 4) is 0 Å². The molecule has 0 spiro atoms. The highest BCUT2D eigenvalue weighted by atomic mass is 19.1. The van der Waals surface area contributed by atoms with E-state index < -0.39 is 5.91 Å². The second-order valence-corrected chi connectivity index (χ2v) is 9.20. The fourth-order valence-electron chi connectivity index (χ4n) is 4.68. The van der Waals surface area contributed by atoms with Gasteiger partial charge in [0.1, 0.15) is 11.4 Å². The van der Waals surface area contributed by atoms with Gasteiger partial charge >= 0.3 is 0 Å². The highest BCUT2D eigenvalue weighted by Gasteiger charge is 2.22. The van der Waals surface area contributed by atoms with Gasteiger partial charge in [0.25, 0.3) is 5.91 Å². The lowest BCUT2D eigenvalue weighted by Crippen LogP contribution is -2.45. The van der Waals surface area contributed by atoms with E-state index in [9.17, 15) is 14.0 Å². The monoisotopic (exact) mass is 481 g/mol. The molecule has 35 heavy (non-hydrogen) atoms. The van der Waals surface area contributed by atoms with Crippen LogP contribution < -0.4 is 16.0 Å². The number of rotatable bonds is 7. The number of primary amides is 1. The molecule has 0 aliphatic carbocycles. The van der Waals surface area contributed by atoms with Crippen LogP contribution >= 0.6 is 0 Å². The summed E-state index contributed by atoms with van der Waals surface area (Å²) in [5.74, 6) is -1.04. The number of carbonyl (C=O) groups excluding carboxylic acids is 2. The SMILES string of the molecule is Cc1nc2c(C(N)=O)cnn2c(C)c1CCC(=O)NC(C)c1cc(F)ccc1N1CCN(C)CC1. The molecule has 2 amide bonds. The van der Waals surface area contributed by atoms with Gasteiger partial charge in [-0.05, 0) is 58.0 Å². The van der Waals surface area contributed by atoms with Crippen LogP contribution in [0.4, 0.5) is 10.1 Å². The zero-order valence-electron chi connectivity index (χ0n) is 20.6. The molecule has 3 aromatic rings. The van der Waals surface area contributed by atoms with Gasteiger partial charge in [-0.2, -0.15) is 5.10 Å². The molecule has 4 rings (SSSR count). The first-order valence-corrected chi connectivity index (χ1v) is 11.8. The van der Waals surface area contributed by atoms with E-state index >= 15 is 0 Å². The van der Waals surface area contributed by atoms with Gasteiger partial charge in [-0.3, -0.25) is 9.59 Å². The molecule has 3 heterocycles. The number of nitrogens with one attached hydrogen (secondary N) is 1. The van der Waals surface area contributed by atoms with Crippen LogP contribution in [0, 0.1) is 19.7 Å². The number of nitrogens with two attached hydrogens (primary N) is 1. The lowest BCUT2D eigenvalue weighted by molar-refractivity contribution is -0.121. The van der Waals surface area contributed by atoms with Crippen LogP contribution in [0.25, 0.3) is 5.65 Å². The summed E-state index contributed by atoms with van der Waals surface area (Å²) in [6.45, 7) is 9.19. The molecule has 9 nitrogen and oxygen atoms in total. The molecule has 1 unspecified atom stereocenters. The van der Waals surface area contributed by atoms with Crippen molar-refractivity contribution in [1.29, 1.82) is 0 Å². The van der Waals surface area contributed by atoms with Gasteiger partial charge in [0.2, 0.25) is 5.91 Å². The van der Waals surface area contributed by atoms with Gasteiger partial charge in [0.15, 0.2) is 5.65 Å². The van der Waals surface area contributed by atoms with Crippen LogP contribution in [-0.2, 0) is 11.2 Å². The Bertz CT molecular complexity index is 1260. The highest BCUT2D eigenvalue weighted by molar-refractivity contribution is 5.98. The van der Waals surface area contributed by atoms with E-state index in [0.29, 0.717) is 12.1 Å². The maximum Gasteiger partial charge on any atom is 0.254 e. The van der Waals surface area contributed by atoms with Crippen molar-refractivity contribution in [2.24, 2.45) is 5.73 Å². The number of hydrogen-bond donors (Lipinski definition) is 2. The average Bonchev–Trinajstić information content (AvgIpc) is 3.23. The number of aromatic nitrogens is 3. The minimum Gasteiger partial charge on any atom is -0.369 e. The summed E-state index contributed by atoms with van der Waals surface area (Å²) >= 11 is 0. The van der Waals surface area contributed by atoms with Crippen molar-refractivity contribution in [1.82, 2.24) is 24.8 Å². The van der Waals surface area contributed by atoms with Crippen molar-refractivity contribution in [3.05, 3.63) is 58.3 Å². The molecule has 3 N–H and O–H groups in total. The third-order valence-corrected chi connectivity index (χ3v) is 6.75. The Morgan fingerprint density at radius 3 is 2.60 bits per heavy atom. The Morgan fingerprint density at radius 1 is 1.20 bits per heavy atom. The molecule has 0 bridgehead atoms. The summed E-state index contributed by atoms with van der Waals surface area (Å²) in [4.78, 5) is 33.5. The van der Waals surface area contributed by atoms with Crippen LogP contribution in [0.1, 0.15) is 52.3 Å². The number of amides is 2. The molecule has 10 heteroatoms. The first-order valence-electron chi connectivity index (χ1n) is 11.8. The van der Waals surface area contributed by atoms with Crippen molar-refractivity contribution in [2.75, 3.05) is 38.1 Å². The predicted molar refractivity (Wildman–Crippen MR) is 132 cm³/mol. The number of anilines is 1. The molecule has 186 valence electrons. The second kappa shape index (κ2) is 9.99. The van der Waals surface area contributed by atoms with Crippen LogP contribution in [0.3, 0.4) is 0 Å². The van der Waals surface area contributed by atoms with Crippen LogP contribution in [0.15, 0.2) is 24.4 Å². The van der Waals surface area contributed by atoms with Crippen molar-refractivity contribution >= 4 is 23.1 Å². The Balaban J connectivity index is 1.47. The topological polar surface area (TPSA) is 109 Å². The molecule has 0 saturated carbocycles. The van der Waals surface area contributed by atoms with Gasteiger partial charge in [-0.15, -0.1) is 0 Å². The molecule has 0 radical (unpaired) electrons. The summed E-state index contributed by atoms with van der Waals surface area (Å²) in [6, 6.07) is 4.44. The van der Waals surface area contributed by atoms with E-state index in [1.807, 2.05) is 20.8 Å². The van der Waals surface area contributed by atoms with Crippen LogP contribution in [0.2, 0.25) is 0 Å². The van der Waals surface area contributed by atoms with Crippen molar-refractivity contribution in [3.63, 3.8) is 0 Å². The van der Waals surface area contributed by atoms with Crippen LogP contribution in [-0.4, -0.2) is 64.5 Å². The van der Waals surface area contributed by atoms with Gasteiger partial charge in [0.05, 0.1) is 12.2 Å². The molecule has 2 aromatic heterocycles. The molecule has 1 saturated heterocycles. The van der Waals surface area contributed by atoms with Gasteiger partial charge in [0, 0.05) is 55.2 Å². The number of hydrogen-bond acceptors (Lipinski definition) is 6. The van der Waals surface area contributed by atoms with Gasteiger partial charge < -0.3 is 20.9 Å². The number of nitrogens with zero attached hydrogens (tertiary/aromatic N) is 5. The van der Waals surface area contributed by atoms with E-state index in [4.69, 9.17) is 5.73 Å². The van der Waals surface area contributed by atoms with Gasteiger partial charge in [-0.1, -0.05) is 0 Å². The zero-order valence-corrected chi connectivity index (χ0v) is 20.6. The Kier molecular flexibility index (Phi) is 7.02. The molecule has 1 atom stereocenters. The minimum atomic E-state index is -0.583. The fourth-order valence-corrected chi connectivity index (χ4v) is 4.68. The number of fused-ring (bicyclic) bond motifs is 1. The van der Waals surface area contributed by atoms with E-state index in [0.717, 1.165) is 54.4 Å². The standard InChI is InChI=1S/C25H32FN7O2/c1-15-19(17(3)33-25(30-15)21(14-28-33)24(27)35)6-8-23(34)29-16(2)20-13-18(26)5-7-22(20)32-11-9-31(4)10-12-32/h5,7,13-14,16H,6,8-12H2,1-4H3,(H2,27,35)(H,29,34). The number of halogens is 1. The Labute approximate surface area is 204 Å². The fraction of sp³-hybridized carbons (Fsp3) is 0.440. The Hall–Kier alpha value is -3.53. The van der Waals surface area contributed by atoms with Gasteiger partial charge in [-0.25, -0.2) is 13.9 Å². The van der Waals surface area contributed by atoms with E-state index in [-0.39, 0.29) is 29.8 Å². The molecular weight excluding hydrogens is 449 g/mol. The first kappa shape index (κ1) is 24.6. The van der Waals surface area contributed by atoms with Crippen molar-refractivity contribution in [2.45, 2.75) is 39.7 Å². The third-order valence-electron chi connectivity index (χ3n) is 6.75. The predicted octanol–water partition coefficient (Wildman–Crippen LogP) is 2.15. The maximum atomic E-state index is 14.1. The smallest absolute Gasteiger partial charge is 0.254 e. The summed E-state index contributed by atoms with van der Waals surface area (Å²) in [6.07, 6.45) is 2.11. The number of piperazine rings is 1. The average molecular weight is 482 g/mol. The molecule has 1 fully saturated rings. The van der Waals surface area contributed by atoms with E-state index in [2.05, 4.69) is 32.2 Å². The molecule has 1 aliphatic heterocycles.